The van der Waals surface area contributed by atoms with Crippen LogP contribution in [0.1, 0.15) is 5.56 Å². The van der Waals surface area contributed by atoms with Crippen LogP contribution in [-0.4, -0.2) is 59.8 Å². The lowest BCUT2D eigenvalue weighted by atomic mass is 9.94. The number of hydrogen-bond acceptors (Lipinski definition) is 9. The van der Waals surface area contributed by atoms with Gasteiger partial charge >= 0.3 is 0 Å². The summed E-state index contributed by atoms with van der Waals surface area (Å²) in [5.74, 6) is 0.188. The van der Waals surface area contributed by atoms with Gasteiger partial charge in [0.2, 0.25) is 0 Å². The summed E-state index contributed by atoms with van der Waals surface area (Å²) in [7, 11) is 0. The summed E-state index contributed by atoms with van der Waals surface area (Å²) in [6.45, 7) is -0.455. The molecule has 28 heavy (non-hydrogen) atoms. The van der Waals surface area contributed by atoms with Crippen LogP contribution in [-0.2, 0) is 16.9 Å². The molecule has 3 heterocycles. The Morgan fingerprint density at radius 3 is 2.68 bits per heavy atom. The highest BCUT2D eigenvalue weighted by molar-refractivity contribution is 14.1. The Hall–Kier alpha value is -2.06. The molecule has 0 bridgehead atoms. The van der Waals surface area contributed by atoms with E-state index in [-0.39, 0.29) is 12.2 Å². The normalized spacial score (nSPS) is 27.5. The number of fused-ring (bicyclic) bond motifs is 1. The zero-order valence-corrected chi connectivity index (χ0v) is 16.8. The molecule has 0 spiro atoms. The Kier molecular flexibility index (Phi) is 4.87. The van der Waals surface area contributed by atoms with E-state index >= 15 is 0 Å². The van der Waals surface area contributed by atoms with Gasteiger partial charge in [-0.15, -0.1) is 0 Å². The first-order chi connectivity index (χ1) is 13.4. The molecule has 0 unspecified atom stereocenters. The van der Waals surface area contributed by atoms with Gasteiger partial charge < -0.3 is 31.5 Å². The van der Waals surface area contributed by atoms with E-state index in [1.165, 1.54) is 17.2 Å². The third-order valence-corrected chi connectivity index (χ3v) is 5.93. The van der Waals surface area contributed by atoms with Gasteiger partial charge in [-0.05, 0) is 40.3 Å². The maximum Gasteiger partial charge on any atom is 0.180 e. The maximum atomic E-state index is 11.0. The van der Waals surface area contributed by atoms with E-state index in [2.05, 4.69) is 37.5 Å². The fourth-order valence-corrected chi connectivity index (χ4v) is 4.13. The summed E-state index contributed by atoms with van der Waals surface area (Å²) >= 11 is 2.12. The van der Waals surface area contributed by atoms with Gasteiger partial charge in [-0.3, -0.25) is 4.57 Å². The molecule has 0 radical (unpaired) electrons. The number of nitrogen functional groups attached to an aromatic ring is 2. The Labute approximate surface area is 173 Å². The molecule has 0 amide bonds. The zero-order valence-electron chi connectivity index (χ0n) is 14.6. The molecule has 7 N–H and O–H groups in total. The van der Waals surface area contributed by atoms with Crippen LogP contribution < -0.4 is 11.5 Å². The van der Waals surface area contributed by atoms with Gasteiger partial charge in [0.1, 0.15) is 30.2 Å². The van der Waals surface area contributed by atoms with Crippen molar-refractivity contribution >= 4 is 45.3 Å². The first kappa shape index (κ1) is 19.3. The third-order valence-electron chi connectivity index (χ3n) is 4.99. The van der Waals surface area contributed by atoms with Gasteiger partial charge in [0.05, 0.1) is 12.9 Å². The van der Waals surface area contributed by atoms with Crippen LogP contribution in [0.4, 0.5) is 11.5 Å². The number of ether oxygens (including phenoxy) is 1. The van der Waals surface area contributed by atoms with Crippen LogP contribution >= 0.6 is 22.6 Å². The molecule has 1 aromatic carbocycles. The molecule has 10 nitrogen and oxygen atoms in total. The molecular formula is C17H19IN6O4. The van der Waals surface area contributed by atoms with Crippen LogP contribution in [0, 0.1) is 3.57 Å². The van der Waals surface area contributed by atoms with Gasteiger partial charge in [0.25, 0.3) is 0 Å². The second kappa shape index (κ2) is 7.08. The van der Waals surface area contributed by atoms with Gasteiger partial charge in [-0.1, -0.05) is 6.07 Å². The third kappa shape index (κ3) is 2.90. The lowest BCUT2D eigenvalue weighted by Gasteiger charge is -2.34. The molecule has 0 aliphatic carbocycles. The quantitative estimate of drug-likeness (QED) is 0.238. The fraction of sp³-hybridized carbons (Fsp3) is 0.353. The average Bonchev–Trinajstić information content (AvgIpc) is 3.21. The number of benzene rings is 1. The minimum atomic E-state index is -1.46. The highest BCUT2D eigenvalue weighted by atomic mass is 127. The number of nitrogens with two attached hydrogens (primary N) is 2. The number of aliphatic hydroxyl groups is 3. The summed E-state index contributed by atoms with van der Waals surface area (Å²) < 4.78 is 8.41. The van der Waals surface area contributed by atoms with E-state index < -0.39 is 30.6 Å². The average molecular weight is 498 g/mol. The van der Waals surface area contributed by atoms with Crippen molar-refractivity contribution in [2.75, 3.05) is 18.1 Å². The molecule has 1 aliphatic heterocycles. The van der Waals surface area contributed by atoms with E-state index in [0.717, 1.165) is 9.13 Å². The molecular weight excluding hydrogens is 479 g/mol. The first-order valence-corrected chi connectivity index (χ1v) is 9.58. The van der Waals surface area contributed by atoms with Gasteiger partial charge in [0.15, 0.2) is 17.2 Å². The maximum absolute atomic E-state index is 11.0. The molecule has 1 saturated heterocycles. The van der Waals surface area contributed by atoms with Crippen LogP contribution in [0.5, 0.6) is 0 Å². The molecule has 4 atom stereocenters. The van der Waals surface area contributed by atoms with Crippen LogP contribution in [0.15, 0.2) is 30.9 Å². The van der Waals surface area contributed by atoms with Crippen LogP contribution in [0.25, 0.3) is 11.2 Å². The van der Waals surface area contributed by atoms with Crippen molar-refractivity contribution in [3.05, 3.63) is 40.0 Å². The summed E-state index contributed by atoms with van der Waals surface area (Å²) in [5, 5.41) is 31.0. The number of imidazole rings is 1. The van der Waals surface area contributed by atoms with Crippen molar-refractivity contribution in [1.82, 2.24) is 19.5 Å². The Morgan fingerprint density at radius 2 is 2.00 bits per heavy atom. The smallest absolute Gasteiger partial charge is 0.180 e. The monoisotopic (exact) mass is 498 g/mol. The van der Waals surface area contributed by atoms with Crippen molar-refractivity contribution < 1.29 is 20.1 Å². The molecule has 148 valence electrons. The molecule has 1 fully saturated rings. The topological polar surface area (TPSA) is 166 Å². The van der Waals surface area contributed by atoms with Crippen molar-refractivity contribution in [3.8, 4) is 0 Å². The minimum absolute atomic E-state index is 0.174. The largest absolute Gasteiger partial charge is 0.398 e. The van der Waals surface area contributed by atoms with Gasteiger partial charge in [-0.2, -0.15) is 0 Å². The van der Waals surface area contributed by atoms with E-state index in [9.17, 15) is 15.3 Å². The summed E-state index contributed by atoms with van der Waals surface area (Å²) in [6.07, 6.45) is -0.722. The lowest BCUT2D eigenvalue weighted by molar-refractivity contribution is -0.145. The summed E-state index contributed by atoms with van der Waals surface area (Å²) in [5.41, 5.74) is 12.5. The van der Waals surface area contributed by atoms with Crippen LogP contribution in [0.2, 0.25) is 0 Å². The SMILES string of the molecule is Nc1ccc(C[C@@]2(n3cnc4c(N)ncnc43)O[C@H](CO)[C@@H](O)[C@H]2O)cc1I. The predicted octanol–water partition coefficient (Wildman–Crippen LogP) is -0.396. The van der Waals surface area contributed by atoms with E-state index in [1.54, 1.807) is 6.07 Å². The van der Waals surface area contributed by atoms with Crippen molar-refractivity contribution in [1.29, 1.82) is 0 Å². The lowest BCUT2D eigenvalue weighted by Crippen LogP contribution is -2.47. The summed E-state index contributed by atoms with van der Waals surface area (Å²) in [6, 6.07) is 5.45. The molecule has 2 aromatic heterocycles. The second-order valence-electron chi connectivity index (χ2n) is 6.70. The second-order valence-corrected chi connectivity index (χ2v) is 7.86. The van der Waals surface area contributed by atoms with Gasteiger partial charge in [0, 0.05) is 15.7 Å². The molecule has 4 rings (SSSR count). The molecule has 0 saturated carbocycles. The van der Waals surface area contributed by atoms with Crippen molar-refractivity contribution in [2.24, 2.45) is 0 Å². The molecule has 11 heteroatoms. The number of hydrogen-bond donors (Lipinski definition) is 5. The number of rotatable bonds is 4. The zero-order chi connectivity index (χ0) is 20.1. The number of halogens is 1. The standard InChI is InChI=1S/C17H19IN6O4/c18-9-3-8(1-2-10(9)19)4-17(14(27)13(26)11(5-25)28-17)24-7-23-12-15(20)21-6-22-16(12)24/h1-3,6-7,11,13-14,25-27H,4-5,19H2,(H2,20,21,22)/t11-,13-,14-,17-/m1/s1. The number of anilines is 2. The Morgan fingerprint density at radius 1 is 1.21 bits per heavy atom. The predicted molar refractivity (Wildman–Crippen MR) is 109 cm³/mol. The molecule has 1 aliphatic rings. The van der Waals surface area contributed by atoms with E-state index in [1.807, 2.05) is 12.1 Å². The fourth-order valence-electron chi connectivity index (χ4n) is 3.55. The van der Waals surface area contributed by atoms with E-state index in [0.29, 0.717) is 16.9 Å². The Balaban J connectivity index is 1.89. The molecule has 3 aromatic rings. The number of aliphatic hydroxyl groups excluding tert-OH is 3. The minimum Gasteiger partial charge on any atom is -0.398 e. The highest BCUT2D eigenvalue weighted by Crippen LogP contribution is 2.40. The summed E-state index contributed by atoms with van der Waals surface area (Å²) in [4.78, 5) is 12.4. The van der Waals surface area contributed by atoms with Crippen molar-refractivity contribution in [2.45, 2.75) is 30.5 Å². The number of aromatic nitrogens is 4. The number of nitrogens with zero attached hydrogens (tertiary/aromatic N) is 4. The highest BCUT2D eigenvalue weighted by Gasteiger charge is 2.56. The van der Waals surface area contributed by atoms with Crippen LogP contribution in [0.3, 0.4) is 0 Å². The Bertz CT molecular complexity index is 1030. The van der Waals surface area contributed by atoms with Gasteiger partial charge in [-0.25, -0.2) is 15.0 Å². The van der Waals surface area contributed by atoms with E-state index in [4.69, 9.17) is 16.2 Å². The van der Waals surface area contributed by atoms with Crippen molar-refractivity contribution in [3.63, 3.8) is 0 Å². The first-order valence-electron chi connectivity index (χ1n) is 8.50.